The molecule has 1 saturated heterocycles. The Bertz CT molecular complexity index is 527. The number of carbonyl (C=O) groups excluding carboxylic acids is 1. The number of hydrogen-bond donors (Lipinski definition) is 0. The van der Waals surface area contributed by atoms with E-state index in [0.29, 0.717) is 31.8 Å². The quantitative estimate of drug-likeness (QED) is 0.798. The van der Waals surface area contributed by atoms with Gasteiger partial charge in [0.1, 0.15) is 11.5 Å². The number of nitriles is 2. The summed E-state index contributed by atoms with van der Waals surface area (Å²) >= 11 is 0. The van der Waals surface area contributed by atoms with Gasteiger partial charge in [-0.05, 0) is 31.6 Å². The molecule has 3 fully saturated rings. The maximum atomic E-state index is 12.8. The molecule has 5 nitrogen and oxygen atoms in total. The van der Waals surface area contributed by atoms with E-state index in [-0.39, 0.29) is 11.9 Å². The first-order chi connectivity index (χ1) is 11.7. The number of amides is 1. The predicted molar refractivity (Wildman–Crippen MR) is 90.6 cm³/mol. The van der Waals surface area contributed by atoms with Gasteiger partial charge in [-0.25, -0.2) is 0 Å². The van der Waals surface area contributed by atoms with Gasteiger partial charge in [-0.15, -0.1) is 0 Å². The van der Waals surface area contributed by atoms with E-state index in [1.807, 2.05) is 4.90 Å². The molecule has 1 heterocycles. The van der Waals surface area contributed by atoms with Crippen LogP contribution in [0.2, 0.25) is 0 Å². The fourth-order valence-corrected chi connectivity index (χ4v) is 4.79. The van der Waals surface area contributed by atoms with Gasteiger partial charge in [0, 0.05) is 26.2 Å². The van der Waals surface area contributed by atoms with Crippen LogP contribution in [0, 0.1) is 34.0 Å². The second-order valence-corrected chi connectivity index (χ2v) is 7.70. The van der Waals surface area contributed by atoms with E-state index in [1.54, 1.807) is 0 Å². The Morgan fingerprint density at radius 1 is 0.958 bits per heavy atom. The second kappa shape index (κ2) is 7.53. The molecule has 3 rings (SSSR count). The van der Waals surface area contributed by atoms with Crippen molar-refractivity contribution in [1.82, 2.24) is 9.80 Å². The van der Waals surface area contributed by atoms with Crippen molar-refractivity contribution in [2.75, 3.05) is 26.2 Å². The van der Waals surface area contributed by atoms with Crippen LogP contribution in [-0.4, -0.2) is 47.9 Å². The lowest BCUT2D eigenvalue weighted by atomic mass is 9.83. The zero-order valence-corrected chi connectivity index (χ0v) is 14.5. The minimum Gasteiger partial charge on any atom is -0.339 e. The van der Waals surface area contributed by atoms with Gasteiger partial charge in [-0.1, -0.05) is 32.1 Å². The van der Waals surface area contributed by atoms with Gasteiger partial charge >= 0.3 is 0 Å². The average Bonchev–Trinajstić information content (AvgIpc) is 3.14. The first-order valence-electron chi connectivity index (χ1n) is 9.54. The number of carbonyl (C=O) groups is 1. The molecule has 0 bridgehead atoms. The Balaban J connectivity index is 1.58. The molecule has 0 aromatic heterocycles. The third kappa shape index (κ3) is 3.28. The van der Waals surface area contributed by atoms with Gasteiger partial charge in [-0.2, -0.15) is 10.5 Å². The smallest absolute Gasteiger partial charge is 0.243 e. The Labute approximate surface area is 145 Å². The summed E-state index contributed by atoms with van der Waals surface area (Å²) in [5.74, 6) is 0.527. The highest BCUT2D eigenvalue weighted by Gasteiger charge is 2.45. The van der Waals surface area contributed by atoms with E-state index in [1.165, 1.54) is 19.3 Å². The summed E-state index contributed by atoms with van der Waals surface area (Å²) < 4.78 is 0. The second-order valence-electron chi connectivity index (χ2n) is 7.70. The molecule has 0 N–H and O–H groups in total. The highest BCUT2D eigenvalue weighted by molar-refractivity contribution is 5.86. The number of rotatable bonds is 3. The molecule has 2 aliphatic carbocycles. The lowest BCUT2D eigenvalue weighted by Crippen LogP contribution is -2.55. The van der Waals surface area contributed by atoms with Gasteiger partial charge in [0.15, 0.2) is 0 Å². The zero-order chi connectivity index (χ0) is 17.0. The van der Waals surface area contributed by atoms with Crippen LogP contribution >= 0.6 is 0 Å². The topological polar surface area (TPSA) is 71.1 Å². The van der Waals surface area contributed by atoms with Crippen molar-refractivity contribution in [2.45, 2.75) is 63.8 Å². The summed E-state index contributed by atoms with van der Waals surface area (Å²) in [7, 11) is 0. The predicted octanol–water partition coefficient (Wildman–Crippen LogP) is 2.69. The van der Waals surface area contributed by atoms with Crippen LogP contribution in [0.1, 0.15) is 57.8 Å². The highest BCUT2D eigenvalue weighted by atomic mass is 16.2. The summed E-state index contributed by atoms with van der Waals surface area (Å²) in [6.07, 6.45) is 9.50. The molecule has 0 radical (unpaired) electrons. The van der Waals surface area contributed by atoms with Crippen molar-refractivity contribution in [1.29, 1.82) is 10.5 Å². The Morgan fingerprint density at radius 2 is 1.58 bits per heavy atom. The minimum atomic E-state index is -0.764. The number of hydrogen-bond acceptors (Lipinski definition) is 4. The van der Waals surface area contributed by atoms with Crippen LogP contribution in [0.4, 0.5) is 0 Å². The lowest BCUT2D eigenvalue weighted by Gasteiger charge is -2.41. The lowest BCUT2D eigenvalue weighted by molar-refractivity contribution is -0.141. The highest BCUT2D eigenvalue weighted by Crippen LogP contribution is 2.39. The standard InChI is InChI=1S/C19H28N4O/c20-14-17(16-6-2-1-3-7-16)22-10-12-23(13-11-22)18(24)19(15-21)8-4-5-9-19/h16-17H,1-13H2/t17-/m1/s1. The molecule has 130 valence electrons. The molecule has 1 atom stereocenters. The maximum absolute atomic E-state index is 12.8. The molecule has 0 aromatic rings. The van der Waals surface area contributed by atoms with Crippen molar-refractivity contribution in [2.24, 2.45) is 11.3 Å². The van der Waals surface area contributed by atoms with Gasteiger partial charge in [0.05, 0.1) is 12.1 Å². The molecule has 2 saturated carbocycles. The van der Waals surface area contributed by atoms with Crippen LogP contribution in [-0.2, 0) is 4.79 Å². The maximum Gasteiger partial charge on any atom is 0.243 e. The van der Waals surface area contributed by atoms with E-state index in [0.717, 1.165) is 38.8 Å². The fraction of sp³-hybridized carbons (Fsp3) is 0.842. The van der Waals surface area contributed by atoms with Crippen LogP contribution in [0.15, 0.2) is 0 Å². The molecule has 1 amide bonds. The fourth-order valence-electron chi connectivity index (χ4n) is 4.79. The molecule has 24 heavy (non-hydrogen) atoms. The van der Waals surface area contributed by atoms with Crippen molar-refractivity contribution >= 4 is 5.91 Å². The van der Waals surface area contributed by atoms with Crippen molar-refractivity contribution in [3.63, 3.8) is 0 Å². The molecule has 0 spiro atoms. The third-order valence-electron chi connectivity index (χ3n) is 6.30. The Morgan fingerprint density at radius 3 is 2.12 bits per heavy atom. The normalized spacial score (nSPS) is 26.5. The average molecular weight is 328 g/mol. The minimum absolute atomic E-state index is 0.000963. The largest absolute Gasteiger partial charge is 0.339 e. The molecule has 0 aromatic carbocycles. The summed E-state index contributed by atoms with van der Waals surface area (Å²) in [5, 5.41) is 19.2. The summed E-state index contributed by atoms with van der Waals surface area (Å²) in [6, 6.07) is 4.84. The molecule has 1 aliphatic heterocycles. The van der Waals surface area contributed by atoms with Gasteiger partial charge < -0.3 is 4.90 Å². The molecule has 5 heteroatoms. The first kappa shape index (κ1) is 17.2. The van der Waals surface area contributed by atoms with Crippen molar-refractivity contribution in [3.8, 4) is 12.1 Å². The molecular weight excluding hydrogens is 300 g/mol. The monoisotopic (exact) mass is 328 g/mol. The van der Waals surface area contributed by atoms with Crippen LogP contribution in [0.5, 0.6) is 0 Å². The zero-order valence-electron chi connectivity index (χ0n) is 14.5. The Hall–Kier alpha value is -1.59. The van der Waals surface area contributed by atoms with Crippen LogP contribution in [0.25, 0.3) is 0 Å². The number of nitrogens with zero attached hydrogens (tertiary/aromatic N) is 4. The van der Waals surface area contributed by atoms with Crippen LogP contribution < -0.4 is 0 Å². The summed E-state index contributed by atoms with van der Waals surface area (Å²) in [4.78, 5) is 17.0. The van der Waals surface area contributed by atoms with Gasteiger partial charge in [-0.3, -0.25) is 9.69 Å². The van der Waals surface area contributed by atoms with Crippen LogP contribution in [0.3, 0.4) is 0 Å². The van der Waals surface area contributed by atoms with E-state index < -0.39 is 5.41 Å². The number of piperazine rings is 1. The van der Waals surface area contributed by atoms with E-state index in [9.17, 15) is 15.3 Å². The van der Waals surface area contributed by atoms with Gasteiger partial charge in [0.2, 0.25) is 5.91 Å². The summed E-state index contributed by atoms with van der Waals surface area (Å²) in [5.41, 5.74) is -0.764. The molecule has 3 aliphatic rings. The SMILES string of the molecule is N#C[C@H](C1CCCCC1)N1CCN(C(=O)C2(C#N)CCCC2)CC1. The Kier molecular flexibility index (Phi) is 5.41. The summed E-state index contributed by atoms with van der Waals surface area (Å²) in [6.45, 7) is 2.85. The van der Waals surface area contributed by atoms with E-state index >= 15 is 0 Å². The first-order valence-corrected chi connectivity index (χ1v) is 9.54. The van der Waals surface area contributed by atoms with Crippen molar-refractivity contribution < 1.29 is 4.79 Å². The van der Waals surface area contributed by atoms with Crippen molar-refractivity contribution in [3.05, 3.63) is 0 Å². The molecular formula is C19H28N4O. The van der Waals surface area contributed by atoms with Gasteiger partial charge in [0.25, 0.3) is 0 Å². The van der Waals surface area contributed by atoms with E-state index in [4.69, 9.17) is 0 Å². The molecule has 0 unspecified atom stereocenters. The van der Waals surface area contributed by atoms with E-state index in [2.05, 4.69) is 17.0 Å². The third-order valence-corrected chi connectivity index (χ3v) is 6.30.